The fourth-order valence-electron chi connectivity index (χ4n) is 1.40. The molecule has 0 aromatic heterocycles. The molecule has 0 saturated carbocycles. The fraction of sp³-hybridized carbons (Fsp3) is 0.800. The molecule has 0 heterocycles. The lowest BCUT2D eigenvalue weighted by Gasteiger charge is -2.29. The Morgan fingerprint density at radius 2 is 1.80 bits per heavy atom. The number of carbonyl (C=O) groups is 2. The first-order valence-electron chi connectivity index (χ1n) is 4.83. The van der Waals surface area contributed by atoms with Crippen LogP contribution in [0.5, 0.6) is 0 Å². The van der Waals surface area contributed by atoms with Crippen molar-refractivity contribution < 1.29 is 14.3 Å². The van der Waals surface area contributed by atoms with Gasteiger partial charge in [-0.1, -0.05) is 20.8 Å². The van der Waals surface area contributed by atoms with E-state index in [4.69, 9.17) is 11.5 Å². The molecular formula is C10H20N2O3. The maximum Gasteiger partial charge on any atom is 0.322 e. The Labute approximate surface area is 90.1 Å². The maximum absolute atomic E-state index is 11.2. The third-order valence-electron chi connectivity index (χ3n) is 2.38. The van der Waals surface area contributed by atoms with Gasteiger partial charge >= 0.3 is 5.97 Å². The summed E-state index contributed by atoms with van der Waals surface area (Å²) in [6.45, 7) is 5.64. The molecule has 0 aromatic rings. The lowest BCUT2D eigenvalue weighted by atomic mass is 9.77. The van der Waals surface area contributed by atoms with Crippen molar-refractivity contribution in [1.82, 2.24) is 0 Å². The summed E-state index contributed by atoms with van der Waals surface area (Å²) >= 11 is 0. The number of esters is 1. The number of methoxy groups -OCH3 is 1. The highest BCUT2D eigenvalue weighted by Crippen LogP contribution is 2.29. The molecule has 0 radical (unpaired) electrons. The van der Waals surface area contributed by atoms with Crippen LogP contribution in [-0.2, 0) is 14.3 Å². The summed E-state index contributed by atoms with van der Waals surface area (Å²) in [6, 6.07) is -0.799. The molecule has 0 bridgehead atoms. The van der Waals surface area contributed by atoms with Crippen LogP contribution in [-0.4, -0.2) is 25.0 Å². The van der Waals surface area contributed by atoms with Gasteiger partial charge in [-0.05, 0) is 11.8 Å². The molecule has 0 fully saturated rings. The van der Waals surface area contributed by atoms with Gasteiger partial charge in [0.05, 0.1) is 7.11 Å². The van der Waals surface area contributed by atoms with Gasteiger partial charge in [-0.25, -0.2) is 0 Å². The van der Waals surface area contributed by atoms with E-state index in [9.17, 15) is 9.59 Å². The average molecular weight is 216 g/mol. The molecule has 0 aliphatic rings. The monoisotopic (exact) mass is 216 g/mol. The molecule has 0 spiro atoms. The normalized spacial score (nSPS) is 15.5. The van der Waals surface area contributed by atoms with Gasteiger partial charge in [0, 0.05) is 5.92 Å². The molecule has 4 N–H and O–H groups in total. The molecule has 2 atom stereocenters. The second-order valence-electron chi connectivity index (χ2n) is 4.69. The second-order valence-corrected chi connectivity index (χ2v) is 4.69. The van der Waals surface area contributed by atoms with E-state index in [0.717, 1.165) is 0 Å². The van der Waals surface area contributed by atoms with Crippen molar-refractivity contribution >= 4 is 11.9 Å². The zero-order valence-electron chi connectivity index (χ0n) is 9.74. The third-order valence-corrected chi connectivity index (χ3v) is 2.38. The summed E-state index contributed by atoms with van der Waals surface area (Å²) < 4.78 is 4.49. The van der Waals surface area contributed by atoms with Gasteiger partial charge in [0.15, 0.2) is 0 Å². The maximum atomic E-state index is 11.2. The number of nitrogens with two attached hydrogens (primary N) is 2. The van der Waals surface area contributed by atoms with E-state index in [2.05, 4.69) is 4.74 Å². The molecule has 1 unspecified atom stereocenters. The third kappa shape index (κ3) is 4.29. The van der Waals surface area contributed by atoms with Crippen LogP contribution < -0.4 is 11.5 Å². The smallest absolute Gasteiger partial charge is 0.322 e. The van der Waals surface area contributed by atoms with Crippen LogP contribution in [0.3, 0.4) is 0 Å². The molecule has 1 amide bonds. The highest BCUT2D eigenvalue weighted by Gasteiger charge is 2.33. The van der Waals surface area contributed by atoms with Crippen molar-refractivity contribution in [3.05, 3.63) is 0 Å². The fourth-order valence-corrected chi connectivity index (χ4v) is 1.40. The van der Waals surface area contributed by atoms with Gasteiger partial charge in [-0.3, -0.25) is 9.59 Å². The topological polar surface area (TPSA) is 95.4 Å². The van der Waals surface area contributed by atoms with E-state index in [1.807, 2.05) is 20.8 Å². The van der Waals surface area contributed by atoms with Crippen molar-refractivity contribution in [3.63, 3.8) is 0 Å². The van der Waals surface area contributed by atoms with Gasteiger partial charge in [0.1, 0.15) is 6.04 Å². The van der Waals surface area contributed by atoms with Gasteiger partial charge < -0.3 is 16.2 Å². The van der Waals surface area contributed by atoms with Gasteiger partial charge in [-0.2, -0.15) is 0 Å². The first-order chi connectivity index (χ1) is 6.70. The minimum Gasteiger partial charge on any atom is -0.468 e. The van der Waals surface area contributed by atoms with Gasteiger partial charge in [0.25, 0.3) is 0 Å². The van der Waals surface area contributed by atoms with Crippen molar-refractivity contribution in [2.24, 2.45) is 22.8 Å². The van der Waals surface area contributed by atoms with E-state index < -0.39 is 23.8 Å². The molecule has 88 valence electrons. The largest absolute Gasteiger partial charge is 0.468 e. The first kappa shape index (κ1) is 13.9. The molecule has 5 nitrogen and oxygen atoms in total. The zero-order chi connectivity index (χ0) is 12.2. The SMILES string of the molecule is COC(=O)[C@@H](N)CC(C(N)=O)C(C)(C)C. The highest BCUT2D eigenvalue weighted by atomic mass is 16.5. The van der Waals surface area contributed by atoms with Crippen molar-refractivity contribution in [2.45, 2.75) is 33.2 Å². The zero-order valence-corrected chi connectivity index (χ0v) is 9.74. The molecule has 0 saturated heterocycles. The Morgan fingerprint density at radius 3 is 2.07 bits per heavy atom. The van der Waals surface area contributed by atoms with Crippen LogP contribution in [0.25, 0.3) is 0 Å². The molecule has 0 aliphatic heterocycles. The molecule has 0 rings (SSSR count). The standard InChI is InChI=1S/C10H20N2O3/c1-10(2,3)6(8(12)13)5-7(11)9(14)15-4/h6-7H,5,11H2,1-4H3,(H2,12,13)/t6?,7-/m0/s1. The first-order valence-corrected chi connectivity index (χ1v) is 4.83. The van der Waals surface area contributed by atoms with Gasteiger partial charge in [0.2, 0.25) is 5.91 Å². The summed E-state index contributed by atoms with van der Waals surface area (Å²) in [5.41, 5.74) is 10.5. The lowest BCUT2D eigenvalue weighted by molar-refractivity contribution is -0.143. The number of hydrogen-bond donors (Lipinski definition) is 2. The number of carbonyl (C=O) groups excluding carboxylic acids is 2. The summed E-state index contributed by atoms with van der Waals surface area (Å²) in [4.78, 5) is 22.3. The molecule has 0 aromatic carbocycles. The van der Waals surface area contributed by atoms with Crippen LogP contribution in [0.4, 0.5) is 0 Å². The molecule has 0 aliphatic carbocycles. The minimum absolute atomic E-state index is 0.214. The molecular weight excluding hydrogens is 196 g/mol. The average Bonchev–Trinajstić information content (AvgIpc) is 2.09. The number of primary amides is 1. The summed E-state index contributed by atoms with van der Waals surface area (Å²) in [5, 5.41) is 0. The Morgan fingerprint density at radius 1 is 1.33 bits per heavy atom. The van der Waals surface area contributed by atoms with Crippen LogP contribution in [0.15, 0.2) is 0 Å². The Kier molecular flexibility index (Phi) is 4.74. The summed E-state index contributed by atoms with van der Waals surface area (Å²) in [6.07, 6.45) is 0.214. The number of hydrogen-bond acceptors (Lipinski definition) is 4. The van der Waals surface area contributed by atoms with E-state index in [-0.39, 0.29) is 11.8 Å². The minimum atomic E-state index is -0.799. The van der Waals surface area contributed by atoms with E-state index in [1.165, 1.54) is 7.11 Å². The van der Waals surface area contributed by atoms with Gasteiger partial charge in [-0.15, -0.1) is 0 Å². The van der Waals surface area contributed by atoms with Crippen molar-refractivity contribution in [3.8, 4) is 0 Å². The van der Waals surface area contributed by atoms with Crippen molar-refractivity contribution in [2.75, 3.05) is 7.11 Å². The second kappa shape index (κ2) is 5.11. The van der Waals surface area contributed by atoms with Crippen LogP contribution in [0, 0.1) is 11.3 Å². The number of rotatable bonds is 4. The van der Waals surface area contributed by atoms with E-state index >= 15 is 0 Å². The number of amides is 1. The van der Waals surface area contributed by atoms with Crippen LogP contribution >= 0.6 is 0 Å². The predicted octanol–water partition coefficient (Wildman–Crippen LogP) is 0.0244. The number of ether oxygens (including phenoxy) is 1. The van der Waals surface area contributed by atoms with E-state index in [1.54, 1.807) is 0 Å². The predicted molar refractivity (Wildman–Crippen MR) is 56.7 cm³/mol. The Balaban J connectivity index is 4.57. The van der Waals surface area contributed by atoms with Crippen molar-refractivity contribution in [1.29, 1.82) is 0 Å². The summed E-state index contributed by atoms with van der Waals surface area (Å²) in [5.74, 6) is -1.40. The van der Waals surface area contributed by atoms with Crippen LogP contribution in [0.2, 0.25) is 0 Å². The van der Waals surface area contributed by atoms with Crippen LogP contribution in [0.1, 0.15) is 27.2 Å². The molecule has 15 heavy (non-hydrogen) atoms. The highest BCUT2D eigenvalue weighted by molar-refractivity contribution is 5.80. The quantitative estimate of drug-likeness (QED) is 0.648. The summed E-state index contributed by atoms with van der Waals surface area (Å²) in [7, 11) is 1.26. The Bertz CT molecular complexity index is 246. The molecule has 5 heteroatoms. The van der Waals surface area contributed by atoms with E-state index in [0.29, 0.717) is 0 Å². The lowest BCUT2D eigenvalue weighted by Crippen LogP contribution is -2.42. The Hall–Kier alpha value is -1.10.